The van der Waals surface area contributed by atoms with Gasteiger partial charge in [0, 0.05) is 91.9 Å². The molecule has 21 aromatic rings. The number of rotatable bonds is 8. The molecule has 520 valence electrons. The fourth-order valence-electron chi connectivity index (χ4n) is 18.0. The number of fused-ring (bicyclic) bond motifs is 19. The fraction of sp³-hybridized carbons (Fsp3) is 0.0490. The molecule has 16 aromatic carbocycles. The van der Waals surface area contributed by atoms with Gasteiger partial charge in [-0.2, -0.15) is 5.26 Å². The molecule has 0 saturated heterocycles. The maximum absolute atomic E-state index is 10.7. The summed E-state index contributed by atoms with van der Waals surface area (Å²) in [5.41, 5.74) is 13.9. The van der Waals surface area contributed by atoms with Crippen LogP contribution in [0.3, 0.4) is 0 Å². The number of aryl methyl sites for hydroxylation is 1. The van der Waals surface area contributed by atoms with Crippen LogP contribution in [0.15, 0.2) is 342 Å². The van der Waals surface area contributed by atoms with Crippen LogP contribution in [-0.2, 0) is 5.41 Å². The second kappa shape index (κ2) is 23.6. The molecule has 2 aliphatic heterocycles. The first-order valence-corrected chi connectivity index (χ1v) is 36.9. The van der Waals surface area contributed by atoms with E-state index in [-0.39, 0.29) is 44.2 Å². The molecule has 2 aliphatic rings. The van der Waals surface area contributed by atoms with Crippen molar-refractivity contribution in [3.8, 4) is 56.5 Å². The minimum absolute atomic E-state index is 0.0433. The monoisotopic (exact) mass is 1430 g/mol. The Labute approximate surface area is 662 Å². The average molecular weight is 1440 g/mol. The second-order valence-corrected chi connectivity index (χ2v) is 29.8. The van der Waals surface area contributed by atoms with Gasteiger partial charge in [-0.1, -0.05) is 227 Å². The van der Waals surface area contributed by atoms with Crippen LogP contribution in [0.25, 0.3) is 160 Å². The lowest BCUT2D eigenvalue weighted by Crippen LogP contribution is -2.61. The summed E-state index contributed by atoms with van der Waals surface area (Å²) in [6.07, 6.45) is 0. The van der Waals surface area contributed by atoms with Crippen molar-refractivity contribution in [1.29, 1.82) is 5.26 Å². The van der Waals surface area contributed by atoms with E-state index in [0.29, 0.717) is 118 Å². The van der Waals surface area contributed by atoms with Crippen LogP contribution < -0.4 is 26.2 Å². The molecule has 9 heteroatoms. The number of para-hydroxylation sites is 8. The minimum atomic E-state index is -2.81. The van der Waals surface area contributed by atoms with E-state index in [9.17, 15) is 25.8 Å². The van der Waals surface area contributed by atoms with Crippen molar-refractivity contribution >= 4 is 167 Å². The first-order chi connectivity index (χ1) is 61.2. The number of anilines is 6. The molecule has 0 amide bonds. The minimum Gasteiger partial charge on any atom is -0.456 e. The van der Waals surface area contributed by atoms with Gasteiger partial charge in [0.05, 0.1) is 91.0 Å². The Morgan fingerprint density at radius 3 is 1.61 bits per heavy atom. The van der Waals surface area contributed by atoms with Gasteiger partial charge in [-0.05, 0) is 189 Å². The maximum Gasteiger partial charge on any atom is 0.252 e. The molecule has 0 saturated carbocycles. The SMILES string of the molecule is [2H]c1c([2H])c([2H])c(-c2ccc3c(c2)B2c4ccc(C(C)(C)C)cc4N(c4c(-c5ccc6oc7ccccc7c6c5)cccc4-n4c5ccccc5c5cc(C#N)ccc54)c4cc(-n5c6c([2H])c([2H])c([2H])c([2H])c6c6c([2H])c([2H])c([2H])c([2H])c65)cc(c42)N3c2c(-c3ccc4c(c3)oc3ccccc34)cc(C([2H])([2H])[2H])cc2-n2c3ccccc3c3ccccc32)c([2H])c1[2H]. The molecule has 0 spiro atoms. The summed E-state index contributed by atoms with van der Waals surface area (Å²) in [7, 11) is 0. The maximum atomic E-state index is 10.7. The summed E-state index contributed by atoms with van der Waals surface area (Å²) in [6.45, 7) is 2.61. The van der Waals surface area contributed by atoms with E-state index >= 15 is 0 Å². The Balaban J connectivity index is 0.973. The predicted octanol–water partition coefficient (Wildman–Crippen LogP) is 25.3. The van der Waals surface area contributed by atoms with Crippen LogP contribution in [-0.4, -0.2) is 20.4 Å². The Kier molecular flexibility index (Phi) is 10.4. The number of benzene rings is 16. The Morgan fingerprint density at radius 2 is 0.919 bits per heavy atom. The van der Waals surface area contributed by atoms with E-state index in [0.717, 1.165) is 65.3 Å². The van der Waals surface area contributed by atoms with Crippen LogP contribution in [0, 0.1) is 18.2 Å². The van der Waals surface area contributed by atoms with Gasteiger partial charge < -0.3 is 32.3 Å². The molecule has 0 aliphatic carbocycles. The molecule has 0 radical (unpaired) electrons. The summed E-state index contributed by atoms with van der Waals surface area (Å²) in [5, 5.41) is 17.0. The highest BCUT2D eigenvalue weighted by Crippen LogP contribution is 2.55. The molecule has 7 heterocycles. The summed E-state index contributed by atoms with van der Waals surface area (Å²) in [5.74, 6) is 0. The second-order valence-electron chi connectivity index (χ2n) is 29.8. The average Bonchev–Trinajstić information content (AvgIpc) is 1.24. The molecule has 0 bridgehead atoms. The number of aromatic nitrogens is 3. The molecule has 111 heavy (non-hydrogen) atoms. The molecule has 5 aromatic heterocycles. The van der Waals surface area contributed by atoms with Gasteiger partial charge in [-0.25, -0.2) is 0 Å². The van der Waals surface area contributed by atoms with E-state index in [1.807, 2.05) is 194 Å². The van der Waals surface area contributed by atoms with Gasteiger partial charge in [0.15, 0.2) is 0 Å². The highest BCUT2D eigenvalue weighted by Gasteiger charge is 2.47. The smallest absolute Gasteiger partial charge is 0.252 e. The lowest BCUT2D eigenvalue weighted by atomic mass is 9.33. The molecule has 0 fully saturated rings. The zero-order valence-electron chi connectivity index (χ0n) is 75.8. The van der Waals surface area contributed by atoms with Crippen molar-refractivity contribution in [3.05, 3.63) is 350 Å². The number of nitrogens with zero attached hydrogens (tertiary/aromatic N) is 6. The van der Waals surface area contributed by atoms with Gasteiger partial charge in [0.1, 0.15) is 22.3 Å². The van der Waals surface area contributed by atoms with Gasteiger partial charge in [-0.3, -0.25) is 0 Å². The highest BCUT2D eigenvalue weighted by atomic mass is 16.3. The van der Waals surface area contributed by atoms with Crippen molar-refractivity contribution in [2.75, 3.05) is 9.80 Å². The Bertz CT molecular complexity index is 8460. The number of nitriles is 1. The van der Waals surface area contributed by atoms with Crippen molar-refractivity contribution in [3.63, 3.8) is 0 Å². The predicted molar refractivity (Wildman–Crippen MR) is 462 cm³/mol. The standard InChI is InChI=1S/C102H67BN6O2/c1-61-51-78(66-42-46-77-75-30-13-20-39-95(75)111-98(77)56-66)101(94(52-61)107-85-35-17-10-27-72(85)73-28-11-18-36-86(73)107)108-89-49-43-64(63-23-6-5-7-24-63)55-82(89)103-81-47-45-67(102(2,3)4)57-91(81)109(93-59-68(58-92(108)99(93)103)105-83-33-15-8-25-70(83)71-26-9-16-34-84(71)105)100-69(65-44-50-97-80(54-65)76-31-14-21-40-96(76)110-97)32-22-38-90(100)106-87-37-19-12-29-74(87)79-53-62(60-104)41-48-88(79)106/h5-59H,1-4H3/i1D3,5D,6D,7D,8D,9D,15D,16D,23D,24D,25D,26D,33D,34D. The normalized spacial score (nSPS) is 15.0. The Hall–Kier alpha value is -14.3. The van der Waals surface area contributed by atoms with Gasteiger partial charge in [0.2, 0.25) is 0 Å². The van der Waals surface area contributed by atoms with Crippen LogP contribution in [0.4, 0.5) is 34.1 Å². The largest absolute Gasteiger partial charge is 0.456 e. The third-order valence-corrected chi connectivity index (χ3v) is 22.8. The summed E-state index contributed by atoms with van der Waals surface area (Å²) in [4.78, 5) is 4.31. The molecule has 0 N–H and O–H groups in total. The van der Waals surface area contributed by atoms with Crippen LogP contribution in [0.5, 0.6) is 0 Å². The van der Waals surface area contributed by atoms with Crippen molar-refractivity contribution in [2.45, 2.75) is 33.0 Å². The van der Waals surface area contributed by atoms with Crippen LogP contribution >= 0.6 is 0 Å². The molecule has 0 unspecified atom stereocenters. The third-order valence-electron chi connectivity index (χ3n) is 22.8. The van der Waals surface area contributed by atoms with Crippen LogP contribution in [0.2, 0.25) is 0 Å². The lowest BCUT2D eigenvalue weighted by molar-refractivity contribution is 0.590. The summed E-state index contributed by atoms with van der Waals surface area (Å²) >= 11 is 0. The van der Waals surface area contributed by atoms with Crippen molar-refractivity contribution < 1.29 is 30.8 Å². The van der Waals surface area contributed by atoms with Gasteiger partial charge in [-0.15, -0.1) is 0 Å². The zero-order chi connectivity index (χ0) is 87.5. The third kappa shape index (κ3) is 9.23. The first-order valence-electron chi connectivity index (χ1n) is 44.9. The molecular formula is C102H67BN6O2. The fourth-order valence-corrected chi connectivity index (χ4v) is 18.0. The van der Waals surface area contributed by atoms with E-state index in [1.165, 1.54) is 4.57 Å². The van der Waals surface area contributed by atoms with Crippen LogP contribution in [0.1, 0.15) is 59.4 Å². The van der Waals surface area contributed by atoms with Crippen molar-refractivity contribution in [1.82, 2.24) is 13.7 Å². The first kappa shape index (κ1) is 48.8. The molecule has 8 nitrogen and oxygen atoms in total. The van der Waals surface area contributed by atoms with E-state index in [2.05, 4.69) is 82.2 Å². The number of hydrogen-bond acceptors (Lipinski definition) is 5. The van der Waals surface area contributed by atoms with E-state index in [4.69, 9.17) is 10.2 Å². The van der Waals surface area contributed by atoms with Gasteiger partial charge >= 0.3 is 0 Å². The highest BCUT2D eigenvalue weighted by molar-refractivity contribution is 7.00. The molecule has 23 rings (SSSR count). The number of furan rings is 2. The quantitative estimate of drug-likeness (QED) is 0.142. The zero-order valence-corrected chi connectivity index (χ0v) is 59.8. The van der Waals surface area contributed by atoms with E-state index < -0.39 is 97.5 Å². The lowest BCUT2D eigenvalue weighted by Gasteiger charge is -2.46. The van der Waals surface area contributed by atoms with Crippen molar-refractivity contribution in [2.24, 2.45) is 0 Å². The van der Waals surface area contributed by atoms with E-state index in [1.54, 1.807) is 24.3 Å². The van der Waals surface area contributed by atoms with Gasteiger partial charge in [0.25, 0.3) is 6.71 Å². The molecule has 0 atom stereocenters. The summed E-state index contributed by atoms with van der Waals surface area (Å²) in [6, 6.07) is 77.3. The number of hydrogen-bond donors (Lipinski definition) is 0. The summed E-state index contributed by atoms with van der Waals surface area (Å²) < 4.78 is 174. The topological polar surface area (TPSA) is 71.3 Å². The molecular weight excluding hydrogens is 1350 g/mol. The Morgan fingerprint density at radius 1 is 0.351 bits per heavy atom.